The van der Waals surface area contributed by atoms with Gasteiger partial charge in [-0.25, -0.2) is 4.79 Å². The van der Waals surface area contributed by atoms with E-state index in [1.165, 1.54) is 12.1 Å². The van der Waals surface area contributed by atoms with E-state index in [1.54, 1.807) is 12.1 Å². The molecule has 10 heteroatoms. The van der Waals surface area contributed by atoms with Gasteiger partial charge in [0, 0.05) is 12.1 Å². The zero-order valence-corrected chi connectivity index (χ0v) is 15.4. The first kappa shape index (κ1) is 21.9. The van der Waals surface area contributed by atoms with Crippen LogP contribution in [0.1, 0.15) is 41.3 Å². The van der Waals surface area contributed by atoms with E-state index in [9.17, 15) is 32.9 Å². The molecule has 154 valence electrons. The van der Waals surface area contributed by atoms with Crippen LogP contribution in [0.3, 0.4) is 0 Å². The molecule has 0 bridgehead atoms. The molecule has 0 fully saturated rings. The molecule has 0 saturated heterocycles. The van der Waals surface area contributed by atoms with Gasteiger partial charge >= 0.3 is 12.1 Å². The maximum Gasteiger partial charge on any atom is 0.418 e. The Morgan fingerprint density at radius 2 is 1.76 bits per heavy atom. The van der Waals surface area contributed by atoms with Crippen molar-refractivity contribution < 1.29 is 32.4 Å². The molecule has 0 aliphatic heterocycles. The van der Waals surface area contributed by atoms with Gasteiger partial charge in [-0.2, -0.15) is 13.2 Å². The number of nitro benzene ring substituents is 1. The molecule has 1 amide bonds. The van der Waals surface area contributed by atoms with Crippen molar-refractivity contribution in [1.82, 2.24) is 0 Å². The summed E-state index contributed by atoms with van der Waals surface area (Å²) in [5, 5.41) is 12.6. The van der Waals surface area contributed by atoms with Gasteiger partial charge in [0.15, 0.2) is 6.61 Å². The summed E-state index contributed by atoms with van der Waals surface area (Å²) in [7, 11) is 0. The van der Waals surface area contributed by atoms with Gasteiger partial charge in [-0.3, -0.25) is 14.9 Å². The normalized spacial score (nSPS) is 11.2. The molecule has 2 rings (SSSR count). The summed E-state index contributed by atoms with van der Waals surface area (Å²) in [4.78, 5) is 33.6. The van der Waals surface area contributed by atoms with Crippen molar-refractivity contribution >= 4 is 23.3 Å². The second-order valence-corrected chi connectivity index (χ2v) is 6.39. The molecule has 0 aliphatic rings. The summed E-state index contributed by atoms with van der Waals surface area (Å²) in [5.41, 5.74) is -1.64. The van der Waals surface area contributed by atoms with Gasteiger partial charge in [-0.1, -0.05) is 26.0 Å². The number of amides is 1. The molecule has 2 aromatic carbocycles. The third kappa shape index (κ3) is 5.77. The van der Waals surface area contributed by atoms with Gasteiger partial charge in [-0.15, -0.1) is 0 Å². The number of esters is 1. The predicted molar refractivity (Wildman–Crippen MR) is 97.5 cm³/mol. The molecule has 1 N–H and O–H groups in total. The Morgan fingerprint density at radius 3 is 2.28 bits per heavy atom. The summed E-state index contributed by atoms with van der Waals surface area (Å²) in [6, 6.07) is 8.42. The van der Waals surface area contributed by atoms with Crippen molar-refractivity contribution in [3.05, 3.63) is 69.3 Å². The SMILES string of the molecule is CC(C)c1ccc(C(=O)OCC(=O)Nc2ccc([N+](=O)[O-])cc2C(F)(F)F)cc1. The molecule has 0 saturated carbocycles. The molecule has 2 aromatic rings. The molecule has 0 aliphatic carbocycles. The maximum absolute atomic E-state index is 13.1. The Kier molecular flexibility index (Phi) is 6.57. The molecule has 0 heterocycles. The number of ether oxygens (including phenoxy) is 1. The van der Waals surface area contributed by atoms with Crippen molar-refractivity contribution in [3.8, 4) is 0 Å². The van der Waals surface area contributed by atoms with Crippen molar-refractivity contribution in [2.45, 2.75) is 25.9 Å². The van der Waals surface area contributed by atoms with Crippen molar-refractivity contribution in [2.24, 2.45) is 0 Å². The topological polar surface area (TPSA) is 98.5 Å². The van der Waals surface area contributed by atoms with Crippen LogP contribution in [0.5, 0.6) is 0 Å². The Hall–Kier alpha value is -3.43. The number of hydrogen-bond acceptors (Lipinski definition) is 5. The Balaban J connectivity index is 2.05. The minimum absolute atomic E-state index is 0.188. The highest BCUT2D eigenvalue weighted by molar-refractivity contribution is 5.96. The minimum Gasteiger partial charge on any atom is -0.452 e. The second-order valence-electron chi connectivity index (χ2n) is 6.39. The van der Waals surface area contributed by atoms with Gasteiger partial charge in [0.2, 0.25) is 0 Å². The van der Waals surface area contributed by atoms with E-state index >= 15 is 0 Å². The molecule has 0 atom stereocenters. The molecule has 29 heavy (non-hydrogen) atoms. The summed E-state index contributed by atoms with van der Waals surface area (Å²) < 4.78 is 44.1. The predicted octanol–water partition coefficient (Wildman–Crippen LogP) is 4.53. The molecule has 0 unspecified atom stereocenters. The molecular formula is C19H17F3N2O5. The van der Waals surface area contributed by atoms with Gasteiger partial charge in [0.05, 0.1) is 21.7 Å². The highest BCUT2D eigenvalue weighted by Gasteiger charge is 2.35. The molecule has 0 spiro atoms. The summed E-state index contributed by atoms with van der Waals surface area (Å²) >= 11 is 0. The van der Waals surface area contributed by atoms with Crippen LogP contribution in [-0.4, -0.2) is 23.4 Å². The van der Waals surface area contributed by atoms with Crippen LogP contribution in [0.15, 0.2) is 42.5 Å². The molecule has 0 radical (unpaired) electrons. The fraction of sp³-hybridized carbons (Fsp3) is 0.263. The number of nitrogens with zero attached hydrogens (tertiary/aromatic N) is 1. The Morgan fingerprint density at radius 1 is 1.14 bits per heavy atom. The fourth-order valence-electron chi connectivity index (χ4n) is 2.39. The zero-order valence-electron chi connectivity index (χ0n) is 15.4. The zero-order chi connectivity index (χ0) is 21.8. The lowest BCUT2D eigenvalue weighted by Gasteiger charge is -2.13. The van der Waals surface area contributed by atoms with E-state index in [0.717, 1.165) is 17.7 Å². The Bertz CT molecular complexity index is 924. The average Bonchev–Trinajstić information content (AvgIpc) is 2.65. The number of nitro groups is 1. The van der Waals surface area contributed by atoms with Crippen LogP contribution in [0.25, 0.3) is 0 Å². The van der Waals surface area contributed by atoms with Crippen molar-refractivity contribution in [3.63, 3.8) is 0 Å². The number of carbonyl (C=O) groups is 2. The number of alkyl halides is 3. The van der Waals surface area contributed by atoms with Crippen LogP contribution in [0.4, 0.5) is 24.5 Å². The Labute approximate surface area is 163 Å². The summed E-state index contributed by atoms with van der Waals surface area (Å²) in [6.07, 6.45) is -4.93. The lowest BCUT2D eigenvalue weighted by molar-refractivity contribution is -0.385. The van der Waals surface area contributed by atoms with E-state index in [2.05, 4.69) is 0 Å². The second kappa shape index (κ2) is 8.72. The number of halogens is 3. The lowest BCUT2D eigenvalue weighted by Crippen LogP contribution is -2.23. The van der Waals surface area contributed by atoms with Crippen molar-refractivity contribution in [2.75, 3.05) is 11.9 Å². The van der Waals surface area contributed by atoms with E-state index < -0.39 is 46.5 Å². The van der Waals surface area contributed by atoms with Gasteiger partial charge in [-0.05, 0) is 29.7 Å². The highest BCUT2D eigenvalue weighted by atomic mass is 19.4. The summed E-state index contributed by atoms with van der Waals surface area (Å²) in [5.74, 6) is -1.57. The molecule has 0 aromatic heterocycles. The van der Waals surface area contributed by atoms with Crippen LogP contribution in [-0.2, 0) is 15.7 Å². The van der Waals surface area contributed by atoms with Crippen LogP contribution in [0.2, 0.25) is 0 Å². The number of anilines is 1. The lowest BCUT2D eigenvalue weighted by atomic mass is 10.0. The number of carbonyl (C=O) groups excluding carboxylic acids is 2. The van der Waals surface area contributed by atoms with E-state index in [1.807, 2.05) is 19.2 Å². The molecule has 7 nitrogen and oxygen atoms in total. The largest absolute Gasteiger partial charge is 0.452 e. The minimum atomic E-state index is -4.93. The van der Waals surface area contributed by atoms with Gasteiger partial charge in [0.1, 0.15) is 0 Å². The smallest absolute Gasteiger partial charge is 0.418 e. The maximum atomic E-state index is 13.1. The fourth-order valence-corrected chi connectivity index (χ4v) is 2.39. The third-order valence-corrected chi connectivity index (χ3v) is 3.94. The average molecular weight is 410 g/mol. The number of rotatable bonds is 6. The standard InChI is InChI=1S/C19H17F3N2O5/c1-11(2)12-3-5-13(6-4-12)18(26)29-10-17(25)23-16-8-7-14(24(27)28)9-15(16)19(20,21)22/h3-9,11H,10H2,1-2H3,(H,23,25). The van der Waals surface area contributed by atoms with Crippen LogP contribution >= 0.6 is 0 Å². The van der Waals surface area contributed by atoms with E-state index in [-0.39, 0.29) is 11.5 Å². The molecular weight excluding hydrogens is 393 g/mol. The van der Waals surface area contributed by atoms with Crippen LogP contribution < -0.4 is 5.32 Å². The number of non-ortho nitro benzene ring substituents is 1. The first-order valence-corrected chi connectivity index (χ1v) is 8.41. The van der Waals surface area contributed by atoms with Gasteiger partial charge in [0.25, 0.3) is 11.6 Å². The van der Waals surface area contributed by atoms with E-state index in [0.29, 0.717) is 6.07 Å². The number of hydrogen-bond donors (Lipinski definition) is 1. The van der Waals surface area contributed by atoms with Gasteiger partial charge < -0.3 is 10.1 Å². The third-order valence-electron chi connectivity index (χ3n) is 3.94. The van der Waals surface area contributed by atoms with Crippen LogP contribution in [0, 0.1) is 10.1 Å². The number of nitrogens with one attached hydrogen (secondary N) is 1. The summed E-state index contributed by atoms with van der Waals surface area (Å²) in [6.45, 7) is 3.13. The number of benzene rings is 2. The van der Waals surface area contributed by atoms with E-state index in [4.69, 9.17) is 4.74 Å². The van der Waals surface area contributed by atoms with Crippen molar-refractivity contribution in [1.29, 1.82) is 0 Å². The first-order valence-electron chi connectivity index (χ1n) is 8.41. The quantitative estimate of drug-likeness (QED) is 0.429. The highest BCUT2D eigenvalue weighted by Crippen LogP contribution is 2.37. The first-order chi connectivity index (χ1) is 13.5. The monoisotopic (exact) mass is 410 g/mol.